The summed E-state index contributed by atoms with van der Waals surface area (Å²) < 4.78 is 11.3. The quantitative estimate of drug-likeness (QED) is 0.373. The van der Waals surface area contributed by atoms with Crippen molar-refractivity contribution in [1.29, 1.82) is 0 Å². The molecule has 2 atom stereocenters. The maximum absolute atomic E-state index is 6.11. The maximum Gasteiger partial charge on any atom is 0.188 e. The number of anilines is 1. The Kier molecular flexibility index (Phi) is 8.34. The lowest BCUT2D eigenvalue weighted by Gasteiger charge is -2.36. The summed E-state index contributed by atoms with van der Waals surface area (Å²) in [6.45, 7) is 9.20. The Morgan fingerprint density at radius 3 is 2.39 bits per heavy atom. The van der Waals surface area contributed by atoms with E-state index < -0.39 is 0 Å². The van der Waals surface area contributed by atoms with E-state index in [9.17, 15) is 0 Å². The van der Waals surface area contributed by atoms with Gasteiger partial charge in [0.25, 0.3) is 0 Å². The molecule has 2 rings (SSSR count). The summed E-state index contributed by atoms with van der Waals surface area (Å²) in [6, 6.07) is 13.3. The average Bonchev–Trinajstić information content (AvgIpc) is 2.66. The standard InChI is InChI=1S/C24H36NO2P/c1-8-14-24(9-2,28-22-13-11-10-12-21(22)25(5)6)20-16-18(3)15-19(4)23(20)27-17-26-7/h10-13,15-16,28H,8-9,14,17H2,1-7H3. The van der Waals surface area contributed by atoms with Crippen molar-refractivity contribution in [1.82, 2.24) is 0 Å². The zero-order valence-corrected chi connectivity index (χ0v) is 19.6. The molecule has 2 aromatic rings. The summed E-state index contributed by atoms with van der Waals surface area (Å²) >= 11 is 0. The highest BCUT2D eigenvalue weighted by atomic mass is 31.1. The molecule has 0 aromatic heterocycles. The van der Waals surface area contributed by atoms with Crippen molar-refractivity contribution in [2.24, 2.45) is 0 Å². The number of hydrogen-bond acceptors (Lipinski definition) is 3. The molecule has 0 fully saturated rings. The van der Waals surface area contributed by atoms with Crippen LogP contribution in [0.5, 0.6) is 5.75 Å². The van der Waals surface area contributed by atoms with Crippen molar-refractivity contribution in [3.8, 4) is 5.75 Å². The number of aryl methyl sites for hydroxylation is 2. The molecular formula is C24H36NO2P. The van der Waals surface area contributed by atoms with Gasteiger partial charge in [0, 0.05) is 37.6 Å². The number of methoxy groups -OCH3 is 1. The molecule has 0 aliphatic heterocycles. The molecule has 28 heavy (non-hydrogen) atoms. The SMILES string of the molecule is CCCC(CC)(Pc1ccccc1N(C)C)c1cc(C)cc(C)c1OCOC. The summed E-state index contributed by atoms with van der Waals surface area (Å²) in [5.74, 6) is 0.998. The van der Waals surface area contributed by atoms with Gasteiger partial charge in [-0.3, -0.25) is 0 Å². The topological polar surface area (TPSA) is 21.7 Å². The Bertz CT molecular complexity index is 775. The van der Waals surface area contributed by atoms with Crippen molar-refractivity contribution in [3.63, 3.8) is 0 Å². The second kappa shape index (κ2) is 10.3. The van der Waals surface area contributed by atoms with Crippen LogP contribution in [0.15, 0.2) is 36.4 Å². The van der Waals surface area contributed by atoms with Gasteiger partial charge in [0.15, 0.2) is 6.79 Å². The van der Waals surface area contributed by atoms with Crippen LogP contribution in [-0.2, 0) is 9.89 Å². The Morgan fingerprint density at radius 1 is 1.07 bits per heavy atom. The highest BCUT2D eigenvalue weighted by Gasteiger charge is 2.34. The van der Waals surface area contributed by atoms with E-state index in [-0.39, 0.29) is 11.9 Å². The lowest BCUT2D eigenvalue weighted by Crippen LogP contribution is -2.26. The van der Waals surface area contributed by atoms with Crippen LogP contribution in [0.2, 0.25) is 0 Å². The molecule has 154 valence electrons. The number of para-hydroxylation sites is 1. The first-order valence-electron chi connectivity index (χ1n) is 10.2. The molecule has 0 bridgehead atoms. The van der Waals surface area contributed by atoms with Crippen LogP contribution >= 0.6 is 8.58 Å². The van der Waals surface area contributed by atoms with Crippen molar-refractivity contribution in [3.05, 3.63) is 53.1 Å². The van der Waals surface area contributed by atoms with Crippen molar-refractivity contribution in [2.45, 2.75) is 52.1 Å². The summed E-state index contributed by atoms with van der Waals surface area (Å²) in [5, 5.41) is 1.47. The third kappa shape index (κ3) is 5.07. The first kappa shape index (κ1) is 22.7. The van der Waals surface area contributed by atoms with Gasteiger partial charge in [-0.05, 0) is 43.6 Å². The minimum atomic E-state index is 0.0563. The molecule has 0 N–H and O–H groups in total. The van der Waals surface area contributed by atoms with Crippen molar-refractivity contribution in [2.75, 3.05) is 32.9 Å². The van der Waals surface area contributed by atoms with Crippen LogP contribution in [0.3, 0.4) is 0 Å². The van der Waals surface area contributed by atoms with E-state index in [1.165, 1.54) is 27.7 Å². The predicted octanol–water partition coefficient (Wildman–Crippen LogP) is 5.76. The van der Waals surface area contributed by atoms with Crippen molar-refractivity contribution < 1.29 is 9.47 Å². The molecule has 2 aromatic carbocycles. The van der Waals surface area contributed by atoms with E-state index in [1.807, 2.05) is 0 Å². The molecule has 3 nitrogen and oxygen atoms in total. The molecule has 0 aliphatic carbocycles. The maximum atomic E-state index is 6.11. The Hall–Kier alpha value is -1.57. The van der Waals surface area contributed by atoms with E-state index in [1.54, 1.807) is 7.11 Å². The summed E-state index contributed by atoms with van der Waals surface area (Å²) in [5.41, 5.74) is 5.11. The molecule has 4 heteroatoms. The molecule has 2 unspecified atom stereocenters. The van der Waals surface area contributed by atoms with Crippen LogP contribution < -0.4 is 14.9 Å². The molecular weight excluding hydrogens is 365 g/mol. The summed E-state index contributed by atoms with van der Waals surface area (Å²) in [4.78, 5) is 2.22. The highest BCUT2D eigenvalue weighted by molar-refractivity contribution is 7.49. The first-order valence-corrected chi connectivity index (χ1v) is 11.2. The van der Waals surface area contributed by atoms with Gasteiger partial charge in [0.2, 0.25) is 0 Å². The van der Waals surface area contributed by atoms with E-state index in [0.29, 0.717) is 8.58 Å². The van der Waals surface area contributed by atoms with Crippen LogP contribution in [0, 0.1) is 13.8 Å². The Morgan fingerprint density at radius 2 is 1.79 bits per heavy atom. The molecule has 0 saturated heterocycles. The zero-order valence-electron chi connectivity index (χ0n) is 18.6. The zero-order chi connectivity index (χ0) is 20.7. The number of hydrogen-bond donors (Lipinski definition) is 0. The van der Waals surface area contributed by atoms with Gasteiger partial charge in [-0.15, -0.1) is 0 Å². The highest BCUT2D eigenvalue weighted by Crippen LogP contribution is 2.52. The second-order valence-corrected chi connectivity index (χ2v) is 9.48. The first-order chi connectivity index (χ1) is 13.4. The van der Waals surface area contributed by atoms with E-state index in [4.69, 9.17) is 9.47 Å². The van der Waals surface area contributed by atoms with Gasteiger partial charge >= 0.3 is 0 Å². The van der Waals surface area contributed by atoms with Gasteiger partial charge < -0.3 is 14.4 Å². The predicted molar refractivity (Wildman–Crippen MR) is 124 cm³/mol. The molecule has 0 heterocycles. The third-order valence-corrected chi connectivity index (χ3v) is 7.34. The average molecular weight is 402 g/mol. The van der Waals surface area contributed by atoms with E-state index in [2.05, 4.69) is 83.1 Å². The second-order valence-electron chi connectivity index (χ2n) is 7.73. The summed E-state index contributed by atoms with van der Waals surface area (Å²) in [7, 11) is 6.60. The molecule has 0 amide bonds. The molecule has 0 radical (unpaired) electrons. The van der Waals surface area contributed by atoms with Crippen molar-refractivity contribution >= 4 is 19.6 Å². The normalized spacial score (nSPS) is 13.7. The molecule has 0 aliphatic rings. The number of rotatable bonds is 10. The number of ether oxygens (including phenoxy) is 2. The fourth-order valence-corrected chi connectivity index (χ4v) is 6.00. The van der Waals surface area contributed by atoms with Gasteiger partial charge in [-0.25, -0.2) is 0 Å². The fourth-order valence-electron chi connectivity index (χ4n) is 3.99. The van der Waals surface area contributed by atoms with Crippen LogP contribution in [0.25, 0.3) is 0 Å². The van der Waals surface area contributed by atoms with Gasteiger partial charge in [0.05, 0.1) is 0 Å². The van der Waals surface area contributed by atoms with Gasteiger partial charge in [0.1, 0.15) is 5.75 Å². The van der Waals surface area contributed by atoms with Gasteiger partial charge in [-0.2, -0.15) is 0 Å². The van der Waals surface area contributed by atoms with Crippen LogP contribution in [0.4, 0.5) is 5.69 Å². The largest absolute Gasteiger partial charge is 0.467 e. The number of nitrogens with zero attached hydrogens (tertiary/aromatic N) is 1. The van der Waals surface area contributed by atoms with E-state index in [0.717, 1.165) is 25.0 Å². The minimum Gasteiger partial charge on any atom is -0.467 e. The minimum absolute atomic E-state index is 0.0563. The lowest BCUT2D eigenvalue weighted by molar-refractivity contribution is 0.0494. The van der Waals surface area contributed by atoms with E-state index >= 15 is 0 Å². The lowest BCUT2D eigenvalue weighted by atomic mass is 9.87. The van der Waals surface area contributed by atoms with Crippen LogP contribution in [0.1, 0.15) is 49.8 Å². The van der Waals surface area contributed by atoms with Crippen LogP contribution in [-0.4, -0.2) is 28.0 Å². The molecule has 0 saturated carbocycles. The monoisotopic (exact) mass is 401 g/mol. The number of benzene rings is 2. The Labute approximate surface area is 173 Å². The fraction of sp³-hybridized carbons (Fsp3) is 0.500. The molecule has 0 spiro atoms. The smallest absolute Gasteiger partial charge is 0.188 e. The Balaban J connectivity index is 2.63. The third-order valence-electron chi connectivity index (χ3n) is 5.30. The van der Waals surface area contributed by atoms with Gasteiger partial charge in [-0.1, -0.05) is 64.7 Å². The summed E-state index contributed by atoms with van der Waals surface area (Å²) in [6.07, 6.45) is 3.35.